The first-order chi connectivity index (χ1) is 4.74. The van der Waals surface area contributed by atoms with Crippen LogP contribution in [0.15, 0.2) is 21.2 Å². The minimum Gasteiger partial charge on any atom is -0.283 e. The Hall–Kier alpha value is -0.220. The fourth-order valence-corrected chi connectivity index (χ4v) is 1.56. The number of rotatable bonds is 1. The lowest BCUT2D eigenvalue weighted by atomic mass is 10.4. The summed E-state index contributed by atoms with van der Waals surface area (Å²) >= 11 is 6.36. The van der Waals surface area contributed by atoms with Crippen molar-refractivity contribution >= 4 is 38.1 Å². The fourth-order valence-electron chi connectivity index (χ4n) is 0.490. The standard InChI is InChI=1S/C6H2Br2NO/c7-4-1-5(8)6(3-10)9-2-4/h1-2H. The summed E-state index contributed by atoms with van der Waals surface area (Å²) in [5, 5.41) is 0. The molecule has 4 heteroatoms. The third-order valence-corrected chi connectivity index (χ3v) is 1.94. The molecule has 0 bridgehead atoms. The van der Waals surface area contributed by atoms with E-state index in [0.29, 0.717) is 10.2 Å². The molecule has 0 aliphatic heterocycles. The lowest BCUT2D eigenvalue weighted by Crippen LogP contribution is -1.87. The van der Waals surface area contributed by atoms with Gasteiger partial charge in [-0.25, -0.2) is 0 Å². The first kappa shape index (κ1) is 7.88. The largest absolute Gasteiger partial charge is 0.283 e. The Morgan fingerprint density at radius 1 is 1.50 bits per heavy atom. The molecule has 1 aromatic rings. The van der Waals surface area contributed by atoms with Crippen molar-refractivity contribution in [2.45, 2.75) is 0 Å². The first-order valence-corrected chi connectivity index (χ1v) is 4.02. The maximum Gasteiger partial charge on any atom is 0.254 e. The SMILES string of the molecule is O=[C]c1ncc(Br)cc1Br. The van der Waals surface area contributed by atoms with E-state index in [1.165, 1.54) is 0 Å². The molecule has 0 saturated heterocycles. The summed E-state index contributed by atoms with van der Waals surface area (Å²) in [7, 11) is 0. The summed E-state index contributed by atoms with van der Waals surface area (Å²) in [4.78, 5) is 13.9. The van der Waals surface area contributed by atoms with Crippen molar-refractivity contribution in [3.05, 3.63) is 26.9 Å². The van der Waals surface area contributed by atoms with Crippen molar-refractivity contribution in [1.29, 1.82) is 0 Å². The molecule has 0 aromatic carbocycles. The van der Waals surface area contributed by atoms with Gasteiger partial charge in [-0.2, -0.15) is 0 Å². The molecule has 1 aromatic heterocycles. The molecule has 0 amide bonds. The quantitative estimate of drug-likeness (QED) is 0.777. The molecular weight excluding hydrogens is 262 g/mol. The Morgan fingerprint density at radius 3 is 2.70 bits per heavy atom. The van der Waals surface area contributed by atoms with Gasteiger partial charge in [-0.1, -0.05) is 0 Å². The van der Waals surface area contributed by atoms with Crippen LogP contribution < -0.4 is 0 Å². The average Bonchev–Trinajstić information content (AvgIpc) is 1.88. The highest BCUT2D eigenvalue weighted by Crippen LogP contribution is 2.17. The van der Waals surface area contributed by atoms with Crippen molar-refractivity contribution in [2.75, 3.05) is 0 Å². The van der Waals surface area contributed by atoms with Crippen LogP contribution in [0.5, 0.6) is 0 Å². The zero-order valence-electron chi connectivity index (χ0n) is 4.77. The van der Waals surface area contributed by atoms with Crippen LogP contribution in [0.2, 0.25) is 0 Å². The van der Waals surface area contributed by atoms with Crippen molar-refractivity contribution in [1.82, 2.24) is 4.98 Å². The van der Waals surface area contributed by atoms with Gasteiger partial charge >= 0.3 is 0 Å². The summed E-state index contributed by atoms with van der Waals surface area (Å²) in [5.74, 6) is 0. The molecule has 0 fully saturated rings. The number of hydrogen-bond acceptors (Lipinski definition) is 2. The van der Waals surface area contributed by atoms with Crippen LogP contribution in [0.4, 0.5) is 0 Å². The van der Waals surface area contributed by atoms with Crippen LogP contribution in [-0.4, -0.2) is 11.3 Å². The van der Waals surface area contributed by atoms with Gasteiger partial charge in [0, 0.05) is 15.1 Å². The van der Waals surface area contributed by atoms with E-state index in [4.69, 9.17) is 0 Å². The number of carbonyl (C=O) groups excluding carboxylic acids is 1. The maximum atomic E-state index is 10.1. The van der Waals surface area contributed by atoms with Crippen molar-refractivity contribution in [2.24, 2.45) is 0 Å². The molecule has 0 unspecified atom stereocenters. The number of nitrogens with zero attached hydrogens (tertiary/aromatic N) is 1. The highest BCUT2D eigenvalue weighted by Gasteiger charge is 1.99. The molecule has 1 rings (SSSR count). The number of aromatic nitrogens is 1. The zero-order valence-corrected chi connectivity index (χ0v) is 7.94. The smallest absolute Gasteiger partial charge is 0.254 e. The molecule has 1 radical (unpaired) electrons. The Labute approximate surface area is 74.9 Å². The first-order valence-electron chi connectivity index (χ1n) is 2.43. The van der Waals surface area contributed by atoms with Crippen LogP contribution in [0.3, 0.4) is 0 Å². The predicted molar refractivity (Wildman–Crippen MR) is 44.4 cm³/mol. The third-order valence-electron chi connectivity index (χ3n) is 0.904. The van der Waals surface area contributed by atoms with Crippen LogP contribution in [0.25, 0.3) is 0 Å². The van der Waals surface area contributed by atoms with Gasteiger partial charge in [0.2, 0.25) is 0 Å². The second-order valence-electron chi connectivity index (χ2n) is 1.59. The van der Waals surface area contributed by atoms with Gasteiger partial charge in [0.1, 0.15) is 5.69 Å². The van der Waals surface area contributed by atoms with Gasteiger partial charge in [0.15, 0.2) is 0 Å². The van der Waals surface area contributed by atoms with Gasteiger partial charge in [0.25, 0.3) is 6.29 Å². The van der Waals surface area contributed by atoms with E-state index in [-0.39, 0.29) is 0 Å². The molecule has 0 aliphatic rings. The predicted octanol–water partition coefficient (Wildman–Crippen LogP) is 2.06. The van der Waals surface area contributed by atoms with E-state index in [1.807, 2.05) is 0 Å². The Bertz CT molecular complexity index is 262. The molecule has 1 heterocycles. The van der Waals surface area contributed by atoms with Crippen LogP contribution >= 0.6 is 31.9 Å². The minimum absolute atomic E-state index is 0.295. The normalized spacial score (nSPS) is 9.40. The van der Waals surface area contributed by atoms with Crippen molar-refractivity contribution < 1.29 is 4.79 Å². The zero-order chi connectivity index (χ0) is 7.56. The second-order valence-corrected chi connectivity index (χ2v) is 3.36. The summed E-state index contributed by atoms with van der Waals surface area (Å²) in [5.41, 5.74) is 0.295. The van der Waals surface area contributed by atoms with Crippen LogP contribution in [0, 0.1) is 0 Å². The van der Waals surface area contributed by atoms with Crippen LogP contribution in [0.1, 0.15) is 5.69 Å². The lowest BCUT2D eigenvalue weighted by Gasteiger charge is -1.92. The van der Waals surface area contributed by atoms with E-state index < -0.39 is 0 Å². The van der Waals surface area contributed by atoms with Gasteiger partial charge < -0.3 is 0 Å². The van der Waals surface area contributed by atoms with E-state index in [0.717, 1.165) is 4.47 Å². The molecular formula is C6H2Br2NO. The van der Waals surface area contributed by atoms with Gasteiger partial charge in [-0.15, -0.1) is 0 Å². The minimum atomic E-state index is 0.295. The summed E-state index contributed by atoms with van der Waals surface area (Å²) in [6, 6.07) is 1.74. The Balaban J connectivity index is 3.19. The third kappa shape index (κ3) is 1.64. The molecule has 0 aliphatic carbocycles. The lowest BCUT2D eigenvalue weighted by molar-refractivity contribution is 0.561. The van der Waals surface area contributed by atoms with Gasteiger partial charge in [-0.05, 0) is 37.9 Å². The van der Waals surface area contributed by atoms with E-state index in [9.17, 15) is 4.79 Å². The van der Waals surface area contributed by atoms with Crippen molar-refractivity contribution in [3.8, 4) is 0 Å². The van der Waals surface area contributed by atoms with Gasteiger partial charge in [0.05, 0.1) is 0 Å². The monoisotopic (exact) mass is 262 g/mol. The average molecular weight is 264 g/mol. The summed E-state index contributed by atoms with van der Waals surface area (Å²) in [6.45, 7) is 0. The number of halogens is 2. The van der Waals surface area contributed by atoms with E-state index >= 15 is 0 Å². The van der Waals surface area contributed by atoms with E-state index in [1.54, 1.807) is 18.5 Å². The maximum absolute atomic E-state index is 10.1. The molecule has 0 atom stereocenters. The molecule has 2 nitrogen and oxygen atoms in total. The molecule has 0 spiro atoms. The number of pyridine rings is 1. The van der Waals surface area contributed by atoms with Crippen molar-refractivity contribution in [3.63, 3.8) is 0 Å². The van der Waals surface area contributed by atoms with Gasteiger partial charge in [-0.3, -0.25) is 9.78 Å². The molecule has 0 saturated carbocycles. The number of hydrogen-bond donors (Lipinski definition) is 0. The molecule has 0 N–H and O–H groups in total. The van der Waals surface area contributed by atoms with Crippen LogP contribution in [-0.2, 0) is 4.79 Å². The Morgan fingerprint density at radius 2 is 2.20 bits per heavy atom. The highest BCUT2D eigenvalue weighted by atomic mass is 79.9. The Kier molecular flexibility index (Phi) is 2.56. The van der Waals surface area contributed by atoms with E-state index in [2.05, 4.69) is 36.8 Å². The summed E-state index contributed by atoms with van der Waals surface area (Å²) < 4.78 is 1.48. The highest BCUT2D eigenvalue weighted by molar-refractivity contribution is 9.11. The topological polar surface area (TPSA) is 30.0 Å². The molecule has 10 heavy (non-hydrogen) atoms. The summed E-state index contributed by atoms with van der Waals surface area (Å²) in [6.07, 6.45) is 3.24. The second kappa shape index (κ2) is 3.25. The fraction of sp³-hybridized carbons (Fsp3) is 0. The molecule has 51 valence electrons.